The minimum atomic E-state index is -0.305. The van der Waals surface area contributed by atoms with Crippen LogP contribution in [-0.2, 0) is 0 Å². The van der Waals surface area contributed by atoms with E-state index in [0.29, 0.717) is 12.5 Å². The highest BCUT2D eigenvalue weighted by atomic mass is 16.3. The fraction of sp³-hybridized carbons (Fsp3) is 0.684. The Kier molecular flexibility index (Phi) is 4.41. The minimum absolute atomic E-state index is 0.225. The van der Waals surface area contributed by atoms with E-state index in [9.17, 15) is 5.11 Å². The average molecular weight is 343 g/mol. The molecule has 25 heavy (non-hydrogen) atoms. The van der Waals surface area contributed by atoms with E-state index < -0.39 is 0 Å². The number of β-amino-alcohol motifs (C(OH)–C–C–N with tert-alkyl or cyclic N) is 1. The van der Waals surface area contributed by atoms with Crippen molar-refractivity contribution in [2.75, 3.05) is 31.1 Å². The summed E-state index contributed by atoms with van der Waals surface area (Å²) in [4.78, 5) is 9.52. The standard InChI is InChI=1S/C19H29N5O/c1-13(2)15-10-19(24-18(20-15)9-14(3)21-24)23-11-16(17(25)12-23)22-7-5-4-6-8-22/h9-10,13,16-17,25H,4-8,11-12H2,1-3H3/t16-,17-/m0/s1. The molecule has 2 fully saturated rings. The van der Waals surface area contributed by atoms with E-state index in [0.717, 1.165) is 42.5 Å². The first kappa shape index (κ1) is 16.8. The average Bonchev–Trinajstić information content (AvgIpc) is 3.16. The Morgan fingerprint density at radius 2 is 1.88 bits per heavy atom. The Morgan fingerprint density at radius 1 is 1.12 bits per heavy atom. The molecule has 2 atom stereocenters. The van der Waals surface area contributed by atoms with Crippen LogP contribution in [0.1, 0.15) is 50.4 Å². The highest BCUT2D eigenvalue weighted by molar-refractivity contribution is 5.53. The van der Waals surface area contributed by atoms with Crippen molar-refractivity contribution in [1.82, 2.24) is 19.5 Å². The highest BCUT2D eigenvalue weighted by Gasteiger charge is 2.37. The first-order valence-electron chi connectivity index (χ1n) is 9.57. The first-order valence-corrected chi connectivity index (χ1v) is 9.57. The number of aryl methyl sites for hydroxylation is 1. The molecule has 0 unspecified atom stereocenters. The predicted octanol–water partition coefficient (Wildman–Crippen LogP) is 2.20. The van der Waals surface area contributed by atoms with Gasteiger partial charge in [0.1, 0.15) is 5.82 Å². The lowest BCUT2D eigenvalue weighted by Gasteiger charge is -2.33. The summed E-state index contributed by atoms with van der Waals surface area (Å²) < 4.78 is 1.94. The first-order chi connectivity index (χ1) is 12.0. The van der Waals surface area contributed by atoms with Crippen molar-refractivity contribution in [2.45, 2.75) is 58.1 Å². The molecule has 136 valence electrons. The quantitative estimate of drug-likeness (QED) is 0.926. The molecule has 2 aliphatic rings. The Hall–Kier alpha value is -1.66. The van der Waals surface area contributed by atoms with Crippen LogP contribution < -0.4 is 4.90 Å². The molecule has 2 aliphatic heterocycles. The van der Waals surface area contributed by atoms with Gasteiger partial charge in [-0.2, -0.15) is 9.61 Å². The van der Waals surface area contributed by atoms with Gasteiger partial charge < -0.3 is 10.0 Å². The third-order valence-corrected chi connectivity index (χ3v) is 5.58. The molecule has 0 bridgehead atoms. The van der Waals surface area contributed by atoms with Crippen LogP contribution in [0.3, 0.4) is 0 Å². The van der Waals surface area contributed by atoms with E-state index in [1.165, 1.54) is 19.3 Å². The zero-order valence-electron chi connectivity index (χ0n) is 15.5. The number of likely N-dealkylation sites (tertiary alicyclic amines) is 1. The summed E-state index contributed by atoms with van der Waals surface area (Å²) in [6.07, 6.45) is 3.51. The summed E-state index contributed by atoms with van der Waals surface area (Å²) >= 11 is 0. The molecule has 2 saturated heterocycles. The van der Waals surface area contributed by atoms with Crippen LogP contribution >= 0.6 is 0 Å². The highest BCUT2D eigenvalue weighted by Crippen LogP contribution is 2.28. The molecule has 6 nitrogen and oxygen atoms in total. The summed E-state index contributed by atoms with van der Waals surface area (Å²) in [6, 6.07) is 4.40. The number of hydrogen-bond acceptors (Lipinski definition) is 5. The predicted molar refractivity (Wildman–Crippen MR) is 99.2 cm³/mol. The lowest BCUT2D eigenvalue weighted by atomic mass is 10.1. The van der Waals surface area contributed by atoms with Crippen LogP contribution in [0.5, 0.6) is 0 Å². The number of nitrogens with zero attached hydrogens (tertiary/aromatic N) is 5. The summed E-state index contributed by atoms with van der Waals surface area (Å²) in [5.41, 5.74) is 2.95. The summed E-state index contributed by atoms with van der Waals surface area (Å²) in [6.45, 7) is 10.1. The number of aliphatic hydroxyl groups excluding tert-OH is 1. The SMILES string of the molecule is Cc1cc2nc(C(C)C)cc(N3C[C@H](O)[C@@H](N4CCCCC4)C3)n2n1. The molecule has 2 aromatic rings. The third-order valence-electron chi connectivity index (χ3n) is 5.58. The van der Waals surface area contributed by atoms with Crippen LogP contribution in [0, 0.1) is 6.92 Å². The van der Waals surface area contributed by atoms with Crippen molar-refractivity contribution in [3.8, 4) is 0 Å². The van der Waals surface area contributed by atoms with E-state index >= 15 is 0 Å². The Bertz CT molecular complexity index is 750. The van der Waals surface area contributed by atoms with Gasteiger partial charge in [-0.25, -0.2) is 4.98 Å². The van der Waals surface area contributed by atoms with Gasteiger partial charge in [0.2, 0.25) is 0 Å². The third kappa shape index (κ3) is 3.13. The topological polar surface area (TPSA) is 56.9 Å². The van der Waals surface area contributed by atoms with Crippen molar-refractivity contribution in [3.63, 3.8) is 0 Å². The Balaban J connectivity index is 1.67. The molecule has 6 heteroatoms. The van der Waals surface area contributed by atoms with Crippen molar-refractivity contribution in [2.24, 2.45) is 0 Å². The number of aromatic nitrogens is 3. The fourth-order valence-electron chi connectivity index (χ4n) is 4.18. The number of fused-ring (bicyclic) bond motifs is 1. The molecule has 0 radical (unpaired) electrons. The molecule has 0 saturated carbocycles. The maximum atomic E-state index is 10.7. The summed E-state index contributed by atoms with van der Waals surface area (Å²) in [5, 5.41) is 15.3. The molecule has 2 aromatic heterocycles. The van der Waals surface area contributed by atoms with E-state index in [4.69, 9.17) is 4.98 Å². The van der Waals surface area contributed by atoms with Crippen LogP contribution in [0.25, 0.3) is 5.65 Å². The van der Waals surface area contributed by atoms with E-state index in [1.807, 2.05) is 17.5 Å². The monoisotopic (exact) mass is 343 g/mol. The molecular weight excluding hydrogens is 314 g/mol. The van der Waals surface area contributed by atoms with E-state index in [2.05, 4.69) is 34.8 Å². The second-order valence-electron chi connectivity index (χ2n) is 7.89. The number of rotatable bonds is 3. The van der Waals surface area contributed by atoms with Crippen LogP contribution in [0.2, 0.25) is 0 Å². The molecule has 0 spiro atoms. The van der Waals surface area contributed by atoms with Gasteiger partial charge in [0.15, 0.2) is 5.65 Å². The van der Waals surface area contributed by atoms with Crippen LogP contribution in [0.15, 0.2) is 12.1 Å². The normalized spacial score (nSPS) is 25.4. The number of piperidine rings is 1. The second kappa shape index (κ2) is 6.57. The molecule has 0 aromatic carbocycles. The number of hydrogen-bond donors (Lipinski definition) is 1. The Labute approximate surface area is 149 Å². The zero-order chi connectivity index (χ0) is 17.6. The van der Waals surface area contributed by atoms with Gasteiger partial charge in [-0.15, -0.1) is 0 Å². The van der Waals surface area contributed by atoms with Gasteiger partial charge in [-0.05, 0) is 38.8 Å². The zero-order valence-corrected chi connectivity index (χ0v) is 15.5. The smallest absolute Gasteiger partial charge is 0.157 e. The molecule has 4 heterocycles. The van der Waals surface area contributed by atoms with Crippen molar-refractivity contribution < 1.29 is 5.11 Å². The molecule has 0 amide bonds. The number of aliphatic hydroxyl groups is 1. The molecule has 1 N–H and O–H groups in total. The summed E-state index contributed by atoms with van der Waals surface area (Å²) in [5.74, 6) is 1.42. The van der Waals surface area contributed by atoms with Gasteiger partial charge in [-0.1, -0.05) is 20.3 Å². The molecule has 4 rings (SSSR count). The van der Waals surface area contributed by atoms with Gasteiger partial charge >= 0.3 is 0 Å². The molecule has 0 aliphatic carbocycles. The Morgan fingerprint density at radius 3 is 2.60 bits per heavy atom. The fourth-order valence-corrected chi connectivity index (χ4v) is 4.18. The van der Waals surface area contributed by atoms with E-state index in [1.54, 1.807) is 0 Å². The summed E-state index contributed by atoms with van der Waals surface area (Å²) in [7, 11) is 0. The van der Waals surface area contributed by atoms with Gasteiger partial charge in [0.05, 0.1) is 17.8 Å². The van der Waals surface area contributed by atoms with Crippen molar-refractivity contribution in [1.29, 1.82) is 0 Å². The van der Waals surface area contributed by atoms with Crippen molar-refractivity contribution >= 4 is 11.5 Å². The van der Waals surface area contributed by atoms with Gasteiger partial charge in [0, 0.05) is 30.9 Å². The van der Waals surface area contributed by atoms with Gasteiger partial charge in [-0.3, -0.25) is 4.90 Å². The van der Waals surface area contributed by atoms with Crippen LogP contribution in [-0.4, -0.2) is 62.9 Å². The maximum Gasteiger partial charge on any atom is 0.157 e. The lowest BCUT2D eigenvalue weighted by Crippen LogP contribution is -2.45. The molecular formula is C19H29N5O. The largest absolute Gasteiger partial charge is 0.390 e. The van der Waals surface area contributed by atoms with Gasteiger partial charge in [0.25, 0.3) is 0 Å². The number of anilines is 1. The lowest BCUT2D eigenvalue weighted by molar-refractivity contribution is 0.0706. The van der Waals surface area contributed by atoms with Crippen molar-refractivity contribution in [3.05, 3.63) is 23.5 Å². The minimum Gasteiger partial charge on any atom is -0.390 e. The maximum absolute atomic E-state index is 10.7. The van der Waals surface area contributed by atoms with Crippen LogP contribution in [0.4, 0.5) is 5.82 Å². The van der Waals surface area contributed by atoms with E-state index in [-0.39, 0.29) is 12.1 Å². The second-order valence-corrected chi connectivity index (χ2v) is 7.89.